The van der Waals surface area contributed by atoms with Crippen LogP contribution >= 0.6 is 15.9 Å². The average molecular weight is 519 g/mol. The molecule has 0 bridgehead atoms. The highest BCUT2D eigenvalue weighted by Crippen LogP contribution is 2.20. The van der Waals surface area contributed by atoms with Crippen LogP contribution in [0.3, 0.4) is 0 Å². The van der Waals surface area contributed by atoms with Gasteiger partial charge in [0.25, 0.3) is 0 Å². The van der Waals surface area contributed by atoms with Gasteiger partial charge >= 0.3 is 0 Å². The average Bonchev–Trinajstić information content (AvgIpc) is 3.17. The summed E-state index contributed by atoms with van der Waals surface area (Å²) in [4.78, 5) is 29.9. The molecule has 0 saturated carbocycles. The third-order valence-electron chi connectivity index (χ3n) is 5.53. The first kappa shape index (κ1) is 27.2. The van der Waals surface area contributed by atoms with E-state index >= 15 is 0 Å². The number of carbonyl (C=O) groups excluding carboxylic acids is 2. The number of aromatic nitrogens is 1. The van der Waals surface area contributed by atoms with Gasteiger partial charge in [-0.3, -0.25) is 9.59 Å². The summed E-state index contributed by atoms with van der Waals surface area (Å²) in [6.07, 6.45) is 5.32. The van der Waals surface area contributed by atoms with E-state index in [9.17, 15) is 9.59 Å². The number of amides is 2. The van der Waals surface area contributed by atoms with Gasteiger partial charge < -0.3 is 14.4 Å². The Morgan fingerprint density at radius 1 is 0.939 bits per heavy atom. The van der Waals surface area contributed by atoms with Gasteiger partial charge in [0.05, 0.1) is 13.1 Å². The molecule has 33 heavy (non-hydrogen) atoms. The van der Waals surface area contributed by atoms with Crippen LogP contribution in [0.25, 0.3) is 0 Å². The van der Waals surface area contributed by atoms with Crippen molar-refractivity contribution in [2.45, 2.75) is 73.4 Å². The van der Waals surface area contributed by atoms with E-state index < -0.39 is 0 Å². The Hall–Kier alpha value is -2.08. The Morgan fingerprint density at radius 2 is 1.64 bits per heavy atom. The highest BCUT2D eigenvalue weighted by Gasteiger charge is 2.25. The van der Waals surface area contributed by atoms with Gasteiger partial charge in [0.1, 0.15) is 0 Å². The molecule has 0 radical (unpaired) electrons. The minimum Gasteiger partial charge on any atom is -0.345 e. The molecule has 1 heterocycles. The van der Waals surface area contributed by atoms with E-state index in [2.05, 4.69) is 72.6 Å². The number of nitrogens with zero attached hydrogens (tertiary/aromatic N) is 3. The van der Waals surface area contributed by atoms with E-state index in [0.29, 0.717) is 26.1 Å². The molecule has 6 heteroatoms. The zero-order chi connectivity index (χ0) is 24.4. The lowest BCUT2D eigenvalue weighted by Gasteiger charge is -2.29. The molecule has 5 nitrogen and oxygen atoms in total. The van der Waals surface area contributed by atoms with Crippen molar-refractivity contribution >= 4 is 27.7 Å². The number of rotatable bonds is 12. The number of hydrogen-bond acceptors (Lipinski definition) is 2. The van der Waals surface area contributed by atoms with Crippen LogP contribution < -0.4 is 0 Å². The molecule has 0 aliphatic carbocycles. The van der Waals surface area contributed by atoms with E-state index in [1.807, 2.05) is 30.0 Å². The number of halogens is 1. The molecule has 1 aromatic carbocycles. The Bertz CT molecular complexity index is 884. The lowest BCUT2D eigenvalue weighted by molar-refractivity contribution is -0.142. The van der Waals surface area contributed by atoms with Crippen molar-refractivity contribution in [3.05, 3.63) is 58.3 Å². The molecule has 0 fully saturated rings. The van der Waals surface area contributed by atoms with Gasteiger partial charge in [-0.05, 0) is 48.1 Å². The normalized spacial score (nSPS) is 11.5. The first-order valence-electron chi connectivity index (χ1n) is 12.1. The Kier molecular flexibility index (Phi) is 10.7. The van der Waals surface area contributed by atoms with Gasteiger partial charge in [-0.2, -0.15) is 0 Å². The fraction of sp³-hybridized carbons (Fsp3) is 0.556. The fourth-order valence-corrected chi connectivity index (χ4v) is 4.03. The van der Waals surface area contributed by atoms with Crippen LogP contribution in [0, 0.1) is 5.41 Å². The Morgan fingerprint density at radius 3 is 2.24 bits per heavy atom. The zero-order valence-electron chi connectivity index (χ0n) is 20.9. The Balaban J connectivity index is 2.13. The zero-order valence-corrected chi connectivity index (χ0v) is 22.5. The van der Waals surface area contributed by atoms with Crippen molar-refractivity contribution in [2.24, 2.45) is 5.41 Å². The second-order valence-corrected chi connectivity index (χ2v) is 10.9. The van der Waals surface area contributed by atoms with Crippen molar-refractivity contribution < 1.29 is 9.59 Å². The van der Waals surface area contributed by atoms with Gasteiger partial charge in [-0.25, -0.2) is 0 Å². The van der Waals surface area contributed by atoms with Gasteiger partial charge in [0, 0.05) is 42.4 Å². The molecule has 0 aliphatic rings. The minimum absolute atomic E-state index is 0.0237. The van der Waals surface area contributed by atoms with Crippen LogP contribution in [-0.2, 0) is 22.7 Å². The number of benzene rings is 1. The van der Waals surface area contributed by atoms with Crippen LogP contribution in [0.1, 0.15) is 71.6 Å². The van der Waals surface area contributed by atoms with Crippen molar-refractivity contribution in [3.63, 3.8) is 0 Å². The molecule has 0 atom stereocenters. The molecule has 2 amide bonds. The maximum atomic E-state index is 13.4. The first-order valence-corrected chi connectivity index (χ1v) is 12.9. The van der Waals surface area contributed by atoms with Crippen LogP contribution in [0.2, 0.25) is 0 Å². The van der Waals surface area contributed by atoms with Crippen molar-refractivity contribution in [1.82, 2.24) is 14.4 Å². The van der Waals surface area contributed by atoms with E-state index in [0.717, 1.165) is 36.0 Å². The summed E-state index contributed by atoms with van der Waals surface area (Å²) < 4.78 is 3.26. The summed E-state index contributed by atoms with van der Waals surface area (Å²) in [5.74, 6) is 0.0855. The molecular formula is C27H40BrN3O2. The molecule has 2 aromatic rings. The topological polar surface area (TPSA) is 45.6 Å². The number of hydrogen-bond donors (Lipinski definition) is 0. The molecule has 0 aliphatic heterocycles. The second-order valence-electron chi connectivity index (χ2n) is 9.98. The Labute approximate surface area is 208 Å². The molecule has 2 rings (SSSR count). The predicted molar refractivity (Wildman–Crippen MR) is 139 cm³/mol. The van der Waals surface area contributed by atoms with E-state index in [1.165, 1.54) is 5.56 Å². The quantitative estimate of drug-likeness (QED) is 0.341. The van der Waals surface area contributed by atoms with Gasteiger partial charge in [0.2, 0.25) is 11.8 Å². The summed E-state index contributed by atoms with van der Waals surface area (Å²) in [5, 5.41) is 0. The van der Waals surface area contributed by atoms with Crippen molar-refractivity contribution in [1.29, 1.82) is 0 Å². The maximum absolute atomic E-state index is 13.4. The van der Waals surface area contributed by atoms with Gasteiger partial charge in [0.15, 0.2) is 0 Å². The third kappa shape index (κ3) is 9.36. The molecule has 0 spiro atoms. The molecule has 0 saturated heterocycles. The predicted octanol–water partition coefficient (Wildman–Crippen LogP) is 6.10. The van der Waals surface area contributed by atoms with Crippen LogP contribution in [0.5, 0.6) is 0 Å². The molecular weight excluding hydrogens is 478 g/mol. The second kappa shape index (κ2) is 13.0. The van der Waals surface area contributed by atoms with E-state index in [4.69, 9.17) is 0 Å². The van der Waals surface area contributed by atoms with Crippen LogP contribution in [-0.4, -0.2) is 45.8 Å². The summed E-state index contributed by atoms with van der Waals surface area (Å²) in [6.45, 7) is 13.1. The number of unbranched alkanes of at least 4 members (excludes halogenated alkanes) is 1. The smallest absolute Gasteiger partial charge is 0.242 e. The summed E-state index contributed by atoms with van der Waals surface area (Å²) in [7, 11) is 0. The summed E-state index contributed by atoms with van der Waals surface area (Å²) in [6, 6.07) is 12.4. The highest BCUT2D eigenvalue weighted by molar-refractivity contribution is 9.10. The maximum Gasteiger partial charge on any atom is 0.242 e. The van der Waals surface area contributed by atoms with E-state index in [1.54, 1.807) is 4.90 Å². The van der Waals surface area contributed by atoms with Gasteiger partial charge in [-0.1, -0.05) is 69.1 Å². The lowest BCUT2D eigenvalue weighted by Crippen LogP contribution is -2.44. The fourth-order valence-electron chi connectivity index (χ4n) is 3.76. The third-order valence-corrected chi connectivity index (χ3v) is 6.06. The van der Waals surface area contributed by atoms with Gasteiger partial charge in [-0.15, -0.1) is 0 Å². The van der Waals surface area contributed by atoms with Crippen molar-refractivity contribution in [2.75, 3.05) is 19.6 Å². The first-order chi connectivity index (χ1) is 15.6. The molecule has 0 N–H and O–H groups in total. The summed E-state index contributed by atoms with van der Waals surface area (Å²) in [5.41, 5.74) is 2.22. The van der Waals surface area contributed by atoms with Crippen molar-refractivity contribution in [3.8, 4) is 0 Å². The van der Waals surface area contributed by atoms with Crippen LogP contribution in [0.15, 0.2) is 47.1 Å². The lowest BCUT2D eigenvalue weighted by atomic mass is 9.91. The highest BCUT2D eigenvalue weighted by atomic mass is 79.9. The molecule has 182 valence electrons. The van der Waals surface area contributed by atoms with E-state index in [-0.39, 0.29) is 23.8 Å². The minimum atomic E-state index is -0.0954. The van der Waals surface area contributed by atoms with Crippen LogP contribution in [0.4, 0.5) is 0 Å². The standard InChI is InChI=1S/C27H40BrN3O2/c1-6-8-16-31(26(33)21-30(15-7-2)25(32)18-27(3,4)5)20-24-10-9-17-29(24)19-22-11-13-23(28)14-12-22/h9-14,17H,6-8,15-16,18-21H2,1-5H3. The largest absolute Gasteiger partial charge is 0.345 e. The number of carbonyl (C=O) groups is 2. The summed E-state index contributed by atoms with van der Waals surface area (Å²) >= 11 is 3.49. The molecule has 0 unspecified atom stereocenters. The molecule has 1 aromatic heterocycles. The monoisotopic (exact) mass is 517 g/mol. The SMILES string of the molecule is CCCCN(Cc1cccn1Cc1ccc(Br)cc1)C(=O)CN(CCC)C(=O)CC(C)(C)C.